The molecular weight excluding hydrogens is 252 g/mol. The van der Waals surface area contributed by atoms with Crippen LogP contribution in [-0.4, -0.2) is 32.4 Å². The third-order valence-electron chi connectivity index (χ3n) is 3.19. The lowest BCUT2D eigenvalue weighted by Gasteiger charge is -2.03. The molecule has 6 nitrogen and oxygen atoms in total. The zero-order valence-electron chi connectivity index (χ0n) is 10.1. The normalized spacial score (nSPS) is 16.5. The first-order chi connectivity index (χ1) is 8.79. The lowest BCUT2D eigenvalue weighted by Crippen LogP contribution is -2.06. The van der Waals surface area contributed by atoms with Gasteiger partial charge in [0.1, 0.15) is 0 Å². The van der Waals surface area contributed by atoms with Crippen LogP contribution in [0.25, 0.3) is 4.96 Å². The first kappa shape index (κ1) is 11.6. The SMILES string of the molecule is CCOC(=O)c1nn2c(C3CCCC3)nnc2s1. The molecule has 0 N–H and O–H groups in total. The number of nitrogens with zero attached hydrogens (tertiary/aromatic N) is 4. The Hall–Kier alpha value is -1.50. The molecule has 7 heteroatoms. The Morgan fingerprint density at radius 2 is 2.22 bits per heavy atom. The molecule has 0 spiro atoms. The molecule has 1 fully saturated rings. The summed E-state index contributed by atoms with van der Waals surface area (Å²) in [5.41, 5.74) is 0. The number of hydrogen-bond acceptors (Lipinski definition) is 6. The number of carbonyl (C=O) groups is 1. The van der Waals surface area contributed by atoms with Gasteiger partial charge in [0, 0.05) is 5.92 Å². The number of esters is 1. The highest BCUT2D eigenvalue weighted by molar-refractivity contribution is 7.18. The molecule has 0 atom stereocenters. The van der Waals surface area contributed by atoms with Gasteiger partial charge in [-0.05, 0) is 19.8 Å². The van der Waals surface area contributed by atoms with Crippen LogP contribution in [0.15, 0.2) is 0 Å². The van der Waals surface area contributed by atoms with Crippen molar-refractivity contribution in [2.45, 2.75) is 38.5 Å². The van der Waals surface area contributed by atoms with E-state index in [4.69, 9.17) is 4.74 Å². The number of aromatic nitrogens is 4. The quantitative estimate of drug-likeness (QED) is 0.795. The van der Waals surface area contributed by atoms with Crippen molar-refractivity contribution in [3.63, 3.8) is 0 Å². The van der Waals surface area contributed by atoms with Gasteiger partial charge in [-0.2, -0.15) is 4.52 Å². The van der Waals surface area contributed by atoms with Crippen LogP contribution < -0.4 is 0 Å². The Kier molecular flexibility index (Phi) is 2.99. The van der Waals surface area contributed by atoms with Gasteiger partial charge in [0.25, 0.3) is 0 Å². The summed E-state index contributed by atoms with van der Waals surface area (Å²) in [6, 6.07) is 0. The molecule has 1 saturated carbocycles. The van der Waals surface area contributed by atoms with Crippen molar-refractivity contribution in [3.8, 4) is 0 Å². The Morgan fingerprint density at radius 1 is 1.44 bits per heavy atom. The summed E-state index contributed by atoms with van der Waals surface area (Å²) in [5, 5.41) is 12.9. The molecule has 96 valence electrons. The molecule has 2 aromatic heterocycles. The van der Waals surface area contributed by atoms with E-state index in [1.165, 1.54) is 24.2 Å². The van der Waals surface area contributed by atoms with E-state index in [1.54, 1.807) is 11.4 Å². The lowest BCUT2D eigenvalue weighted by molar-refractivity contribution is 0.0524. The minimum Gasteiger partial charge on any atom is -0.461 e. The fraction of sp³-hybridized carbons (Fsp3) is 0.636. The topological polar surface area (TPSA) is 69.4 Å². The van der Waals surface area contributed by atoms with Crippen molar-refractivity contribution in [3.05, 3.63) is 10.8 Å². The standard InChI is InChI=1S/C11H14N4O2S/c1-2-17-10(16)9-14-15-8(7-5-3-4-6-7)12-13-11(15)18-9/h7H,2-6H2,1H3. The van der Waals surface area contributed by atoms with Crippen molar-refractivity contribution in [1.82, 2.24) is 19.8 Å². The van der Waals surface area contributed by atoms with E-state index in [0.29, 0.717) is 22.5 Å². The number of hydrogen-bond donors (Lipinski definition) is 0. The first-order valence-corrected chi connectivity index (χ1v) is 7.00. The van der Waals surface area contributed by atoms with Crippen molar-refractivity contribution < 1.29 is 9.53 Å². The summed E-state index contributed by atoms with van der Waals surface area (Å²) < 4.78 is 6.64. The maximum Gasteiger partial charge on any atom is 0.369 e. The fourth-order valence-electron chi connectivity index (χ4n) is 2.35. The van der Waals surface area contributed by atoms with E-state index in [0.717, 1.165) is 18.7 Å². The lowest BCUT2D eigenvalue weighted by atomic mass is 10.1. The molecule has 0 radical (unpaired) electrons. The molecule has 2 aromatic rings. The van der Waals surface area contributed by atoms with E-state index < -0.39 is 0 Å². The Labute approximate surface area is 108 Å². The summed E-state index contributed by atoms with van der Waals surface area (Å²) in [4.78, 5) is 12.3. The maximum atomic E-state index is 11.6. The third kappa shape index (κ3) is 1.88. The van der Waals surface area contributed by atoms with E-state index in [2.05, 4.69) is 15.3 Å². The monoisotopic (exact) mass is 266 g/mol. The molecule has 0 amide bonds. The highest BCUT2D eigenvalue weighted by atomic mass is 32.1. The van der Waals surface area contributed by atoms with Gasteiger partial charge in [0.2, 0.25) is 9.97 Å². The highest BCUT2D eigenvalue weighted by Gasteiger charge is 2.25. The van der Waals surface area contributed by atoms with Gasteiger partial charge in [-0.25, -0.2) is 4.79 Å². The predicted molar refractivity (Wildman–Crippen MR) is 65.8 cm³/mol. The second-order valence-corrected chi connectivity index (χ2v) is 5.32. The molecule has 2 heterocycles. The zero-order valence-corrected chi connectivity index (χ0v) is 10.9. The number of fused-ring (bicyclic) bond motifs is 1. The second-order valence-electron chi connectivity index (χ2n) is 4.36. The van der Waals surface area contributed by atoms with Gasteiger partial charge >= 0.3 is 5.97 Å². The van der Waals surface area contributed by atoms with E-state index in [1.807, 2.05) is 0 Å². The van der Waals surface area contributed by atoms with Crippen LogP contribution in [0.2, 0.25) is 0 Å². The molecule has 18 heavy (non-hydrogen) atoms. The van der Waals surface area contributed by atoms with Crippen LogP contribution in [0.1, 0.15) is 54.2 Å². The van der Waals surface area contributed by atoms with Crippen LogP contribution >= 0.6 is 11.3 Å². The van der Waals surface area contributed by atoms with Crippen LogP contribution in [0.4, 0.5) is 0 Å². The second kappa shape index (κ2) is 4.64. The number of carbonyl (C=O) groups excluding carboxylic acids is 1. The van der Waals surface area contributed by atoms with E-state index >= 15 is 0 Å². The summed E-state index contributed by atoms with van der Waals surface area (Å²) in [5.74, 6) is 0.928. The van der Waals surface area contributed by atoms with Gasteiger partial charge in [-0.1, -0.05) is 24.2 Å². The number of rotatable bonds is 3. The van der Waals surface area contributed by atoms with Gasteiger partial charge < -0.3 is 4.74 Å². The predicted octanol–water partition coefficient (Wildman–Crippen LogP) is 2.02. The third-order valence-corrected chi connectivity index (χ3v) is 4.06. The van der Waals surface area contributed by atoms with Gasteiger partial charge in [-0.3, -0.25) is 0 Å². The van der Waals surface area contributed by atoms with Crippen molar-refractivity contribution in [2.75, 3.05) is 6.61 Å². The smallest absolute Gasteiger partial charge is 0.369 e. The highest BCUT2D eigenvalue weighted by Crippen LogP contribution is 2.33. The Bertz CT molecular complexity index is 571. The molecule has 3 rings (SSSR count). The summed E-state index contributed by atoms with van der Waals surface area (Å²) >= 11 is 1.23. The first-order valence-electron chi connectivity index (χ1n) is 6.19. The van der Waals surface area contributed by atoms with Crippen LogP contribution in [0.5, 0.6) is 0 Å². The Morgan fingerprint density at radius 3 is 2.94 bits per heavy atom. The summed E-state index contributed by atoms with van der Waals surface area (Å²) in [6.07, 6.45) is 4.73. The van der Waals surface area contributed by atoms with Gasteiger partial charge in [0.05, 0.1) is 6.61 Å². The summed E-state index contributed by atoms with van der Waals surface area (Å²) in [7, 11) is 0. The maximum absolute atomic E-state index is 11.6. The molecule has 1 aliphatic rings. The number of ether oxygens (including phenoxy) is 1. The fourth-order valence-corrected chi connectivity index (χ4v) is 3.09. The molecule has 0 aromatic carbocycles. The average Bonchev–Trinajstić information content (AvgIpc) is 3.04. The average molecular weight is 266 g/mol. The molecule has 0 unspecified atom stereocenters. The van der Waals surface area contributed by atoms with E-state index in [9.17, 15) is 4.79 Å². The van der Waals surface area contributed by atoms with Crippen LogP contribution in [0, 0.1) is 0 Å². The molecule has 1 aliphatic carbocycles. The Balaban J connectivity index is 1.94. The van der Waals surface area contributed by atoms with Gasteiger partial charge in [0.15, 0.2) is 5.82 Å². The molecular formula is C11H14N4O2S. The van der Waals surface area contributed by atoms with E-state index in [-0.39, 0.29) is 5.97 Å². The van der Waals surface area contributed by atoms with Crippen LogP contribution in [-0.2, 0) is 4.74 Å². The zero-order chi connectivity index (χ0) is 12.5. The molecule has 0 aliphatic heterocycles. The molecule has 0 saturated heterocycles. The molecule has 0 bridgehead atoms. The van der Waals surface area contributed by atoms with Crippen LogP contribution in [0.3, 0.4) is 0 Å². The largest absolute Gasteiger partial charge is 0.461 e. The van der Waals surface area contributed by atoms with Gasteiger partial charge in [-0.15, -0.1) is 15.3 Å². The minimum atomic E-state index is -0.384. The van der Waals surface area contributed by atoms with Crippen molar-refractivity contribution in [2.24, 2.45) is 0 Å². The summed E-state index contributed by atoms with van der Waals surface area (Å²) in [6.45, 7) is 2.14. The van der Waals surface area contributed by atoms with Crippen molar-refractivity contribution >= 4 is 22.3 Å². The van der Waals surface area contributed by atoms with Crippen molar-refractivity contribution in [1.29, 1.82) is 0 Å². The minimum absolute atomic E-state index is 0.348.